The van der Waals surface area contributed by atoms with E-state index in [1.165, 1.54) is 12.8 Å². The normalized spacial score (nSPS) is 25.1. The lowest BCUT2D eigenvalue weighted by Gasteiger charge is -2.32. The molecule has 0 amide bonds. The van der Waals surface area contributed by atoms with E-state index in [9.17, 15) is 5.11 Å². The van der Waals surface area contributed by atoms with Crippen LogP contribution >= 0.6 is 0 Å². The Labute approximate surface area is 105 Å². The van der Waals surface area contributed by atoms with E-state index in [0.29, 0.717) is 12.1 Å². The molecule has 1 aliphatic heterocycles. The van der Waals surface area contributed by atoms with Crippen LogP contribution < -0.4 is 5.32 Å². The summed E-state index contributed by atoms with van der Waals surface area (Å²) in [6, 6.07) is 1.06. The minimum absolute atomic E-state index is 0.161. The van der Waals surface area contributed by atoms with Gasteiger partial charge in [-0.25, -0.2) is 0 Å². The molecule has 0 saturated carbocycles. The largest absolute Gasteiger partial charge is 0.392 e. The molecule has 0 aromatic rings. The first-order chi connectivity index (χ1) is 8.21. The summed E-state index contributed by atoms with van der Waals surface area (Å²) in [6.45, 7) is 8.01. The van der Waals surface area contributed by atoms with Crippen molar-refractivity contribution in [2.45, 2.75) is 51.3 Å². The van der Waals surface area contributed by atoms with Gasteiger partial charge in [0, 0.05) is 38.8 Å². The molecule has 2 N–H and O–H groups in total. The summed E-state index contributed by atoms with van der Waals surface area (Å²) in [5, 5.41) is 12.9. The lowest BCUT2D eigenvalue weighted by atomic mass is 10.1. The maximum Gasteiger partial charge on any atom is 0.0680 e. The number of aliphatic hydroxyl groups excluding tert-OH is 1. The fraction of sp³-hybridized carbons (Fsp3) is 1.00. The molecule has 4 nitrogen and oxygen atoms in total. The summed E-state index contributed by atoms with van der Waals surface area (Å²) >= 11 is 0. The third-order valence-electron chi connectivity index (χ3n) is 3.70. The molecule has 102 valence electrons. The van der Waals surface area contributed by atoms with Gasteiger partial charge in [-0.2, -0.15) is 0 Å². The Morgan fingerprint density at radius 3 is 2.59 bits per heavy atom. The Balaban J connectivity index is 2.44. The molecule has 2 unspecified atom stereocenters. The Kier molecular flexibility index (Phi) is 7.04. The zero-order valence-electron chi connectivity index (χ0n) is 11.5. The monoisotopic (exact) mass is 244 g/mol. The number of methoxy groups -OCH3 is 1. The van der Waals surface area contributed by atoms with Crippen LogP contribution in [0.15, 0.2) is 0 Å². The van der Waals surface area contributed by atoms with Crippen LogP contribution in [0, 0.1) is 0 Å². The molecule has 1 saturated heterocycles. The van der Waals surface area contributed by atoms with Crippen molar-refractivity contribution >= 4 is 0 Å². The SMILES string of the molecule is CCC(CC)N(CCOC)CC1CC(O)CN1. The van der Waals surface area contributed by atoms with Crippen molar-refractivity contribution in [3.8, 4) is 0 Å². The summed E-state index contributed by atoms with van der Waals surface area (Å²) < 4.78 is 5.19. The van der Waals surface area contributed by atoms with Crippen LogP contribution in [0.2, 0.25) is 0 Å². The third-order valence-corrected chi connectivity index (χ3v) is 3.70. The molecular weight excluding hydrogens is 216 g/mol. The summed E-state index contributed by atoms with van der Waals surface area (Å²) in [5.41, 5.74) is 0. The molecule has 1 aliphatic rings. The quantitative estimate of drug-likeness (QED) is 0.664. The first-order valence-electron chi connectivity index (χ1n) is 6.85. The molecule has 1 heterocycles. The van der Waals surface area contributed by atoms with Crippen LogP contribution in [-0.4, -0.2) is 61.5 Å². The van der Waals surface area contributed by atoms with Gasteiger partial charge in [0.15, 0.2) is 0 Å². The number of nitrogens with one attached hydrogen (secondary N) is 1. The highest BCUT2D eigenvalue weighted by Gasteiger charge is 2.25. The van der Waals surface area contributed by atoms with Gasteiger partial charge in [-0.05, 0) is 19.3 Å². The summed E-state index contributed by atoms with van der Waals surface area (Å²) in [4.78, 5) is 2.50. The second kappa shape index (κ2) is 8.03. The second-order valence-electron chi connectivity index (χ2n) is 4.95. The van der Waals surface area contributed by atoms with Crippen molar-refractivity contribution in [3.05, 3.63) is 0 Å². The van der Waals surface area contributed by atoms with E-state index in [4.69, 9.17) is 4.74 Å². The zero-order chi connectivity index (χ0) is 12.7. The van der Waals surface area contributed by atoms with E-state index in [0.717, 1.165) is 32.7 Å². The maximum absolute atomic E-state index is 9.54. The smallest absolute Gasteiger partial charge is 0.0680 e. The van der Waals surface area contributed by atoms with E-state index in [1.807, 2.05) is 0 Å². The minimum atomic E-state index is -0.161. The van der Waals surface area contributed by atoms with Crippen LogP contribution in [0.1, 0.15) is 33.1 Å². The average molecular weight is 244 g/mol. The zero-order valence-corrected chi connectivity index (χ0v) is 11.5. The lowest BCUT2D eigenvalue weighted by Crippen LogP contribution is -2.44. The number of nitrogens with zero attached hydrogens (tertiary/aromatic N) is 1. The van der Waals surface area contributed by atoms with E-state index in [1.54, 1.807) is 7.11 Å². The Bertz CT molecular complexity index is 198. The van der Waals surface area contributed by atoms with Gasteiger partial charge in [0.05, 0.1) is 12.7 Å². The van der Waals surface area contributed by atoms with Gasteiger partial charge in [0.25, 0.3) is 0 Å². The third kappa shape index (κ3) is 4.92. The van der Waals surface area contributed by atoms with Crippen LogP contribution in [0.4, 0.5) is 0 Å². The van der Waals surface area contributed by atoms with E-state index in [-0.39, 0.29) is 6.10 Å². The molecule has 0 radical (unpaired) electrons. The molecule has 0 bridgehead atoms. The number of hydrogen-bond donors (Lipinski definition) is 2. The molecule has 4 heteroatoms. The van der Waals surface area contributed by atoms with Crippen LogP contribution in [0.5, 0.6) is 0 Å². The van der Waals surface area contributed by atoms with Crippen LogP contribution in [0.25, 0.3) is 0 Å². The molecule has 0 spiro atoms. The van der Waals surface area contributed by atoms with Crippen molar-refractivity contribution < 1.29 is 9.84 Å². The highest BCUT2D eigenvalue weighted by molar-refractivity contribution is 4.85. The fourth-order valence-corrected chi connectivity index (χ4v) is 2.66. The van der Waals surface area contributed by atoms with E-state index in [2.05, 4.69) is 24.1 Å². The maximum atomic E-state index is 9.54. The van der Waals surface area contributed by atoms with Crippen molar-refractivity contribution in [1.82, 2.24) is 10.2 Å². The van der Waals surface area contributed by atoms with Gasteiger partial charge in [0.2, 0.25) is 0 Å². The topological polar surface area (TPSA) is 44.7 Å². The van der Waals surface area contributed by atoms with E-state index < -0.39 is 0 Å². The number of β-amino-alcohol motifs (C(OH)–C–C–N with tert-alkyl or cyclic N) is 1. The summed E-state index contributed by atoms with van der Waals surface area (Å²) in [7, 11) is 1.75. The fourth-order valence-electron chi connectivity index (χ4n) is 2.66. The summed E-state index contributed by atoms with van der Waals surface area (Å²) in [5.74, 6) is 0. The van der Waals surface area contributed by atoms with Crippen molar-refractivity contribution in [2.24, 2.45) is 0 Å². The van der Waals surface area contributed by atoms with Gasteiger partial charge >= 0.3 is 0 Å². The molecule has 2 atom stereocenters. The molecule has 17 heavy (non-hydrogen) atoms. The molecule has 0 aromatic carbocycles. The van der Waals surface area contributed by atoms with Crippen LogP contribution in [-0.2, 0) is 4.74 Å². The van der Waals surface area contributed by atoms with Crippen molar-refractivity contribution in [1.29, 1.82) is 0 Å². The first kappa shape index (κ1) is 14.9. The predicted molar refractivity (Wildman–Crippen MR) is 70.2 cm³/mol. The van der Waals surface area contributed by atoms with E-state index >= 15 is 0 Å². The molecule has 0 aliphatic carbocycles. The molecule has 1 fully saturated rings. The van der Waals surface area contributed by atoms with Crippen LogP contribution in [0.3, 0.4) is 0 Å². The van der Waals surface area contributed by atoms with Gasteiger partial charge < -0.3 is 15.2 Å². The average Bonchev–Trinajstić information content (AvgIpc) is 2.73. The Morgan fingerprint density at radius 2 is 2.12 bits per heavy atom. The lowest BCUT2D eigenvalue weighted by molar-refractivity contribution is 0.106. The number of ether oxygens (including phenoxy) is 1. The molecule has 1 rings (SSSR count). The number of aliphatic hydroxyl groups is 1. The first-order valence-corrected chi connectivity index (χ1v) is 6.85. The molecule has 0 aromatic heterocycles. The van der Waals surface area contributed by atoms with Gasteiger partial charge in [0.1, 0.15) is 0 Å². The van der Waals surface area contributed by atoms with Crippen molar-refractivity contribution in [3.63, 3.8) is 0 Å². The molecular formula is C13H28N2O2. The highest BCUT2D eigenvalue weighted by atomic mass is 16.5. The van der Waals surface area contributed by atoms with Gasteiger partial charge in [-0.15, -0.1) is 0 Å². The summed E-state index contributed by atoms with van der Waals surface area (Å²) in [6.07, 6.45) is 3.07. The van der Waals surface area contributed by atoms with Gasteiger partial charge in [-0.1, -0.05) is 13.8 Å². The van der Waals surface area contributed by atoms with Crippen molar-refractivity contribution in [2.75, 3.05) is 33.4 Å². The number of rotatable bonds is 8. The van der Waals surface area contributed by atoms with Gasteiger partial charge in [-0.3, -0.25) is 4.90 Å². The Morgan fingerprint density at radius 1 is 1.41 bits per heavy atom. The Hall–Kier alpha value is -0.160. The predicted octanol–water partition coefficient (Wildman–Crippen LogP) is 0.846. The highest BCUT2D eigenvalue weighted by Crippen LogP contribution is 2.13. The second-order valence-corrected chi connectivity index (χ2v) is 4.95. The minimum Gasteiger partial charge on any atom is -0.392 e. The standard InChI is InChI=1S/C13H28N2O2/c1-4-12(5-2)15(6-7-17-3)10-11-8-13(16)9-14-11/h11-14,16H,4-10H2,1-3H3. The number of hydrogen-bond acceptors (Lipinski definition) is 4.